The molecule has 0 spiro atoms. The molecule has 0 unspecified atom stereocenters. The molecule has 0 atom stereocenters. The van der Waals surface area contributed by atoms with Crippen LogP contribution in [-0.4, -0.2) is 5.91 Å². The van der Waals surface area contributed by atoms with Gasteiger partial charge in [-0.25, -0.2) is 0 Å². The van der Waals surface area contributed by atoms with E-state index in [9.17, 15) is 4.79 Å². The summed E-state index contributed by atoms with van der Waals surface area (Å²) in [4.78, 5) is 11.3. The topological polar surface area (TPSA) is 78.9 Å². The van der Waals surface area contributed by atoms with E-state index < -0.39 is 5.91 Å². The van der Waals surface area contributed by atoms with Crippen LogP contribution < -0.4 is 11.1 Å². The summed E-state index contributed by atoms with van der Waals surface area (Å²) in [7, 11) is 0. The van der Waals surface area contributed by atoms with Crippen LogP contribution in [0.5, 0.6) is 0 Å². The van der Waals surface area contributed by atoms with Crippen molar-refractivity contribution in [2.75, 3.05) is 5.32 Å². The van der Waals surface area contributed by atoms with E-state index in [0.717, 1.165) is 0 Å². The smallest absolute Gasteiger partial charge is 0.250 e. The molecule has 2 aromatic rings. The number of carbonyl (C=O) groups is 1. The highest BCUT2D eigenvalue weighted by Gasteiger charge is 2.09. The minimum absolute atomic E-state index is 0.340. The molecule has 0 fully saturated rings. The van der Waals surface area contributed by atoms with E-state index in [4.69, 9.17) is 22.6 Å². The van der Waals surface area contributed by atoms with Gasteiger partial charge < -0.3 is 11.1 Å². The number of amides is 1. The van der Waals surface area contributed by atoms with E-state index in [1.807, 2.05) is 6.07 Å². The highest BCUT2D eigenvalue weighted by atomic mass is 35.5. The molecule has 19 heavy (non-hydrogen) atoms. The van der Waals surface area contributed by atoms with Gasteiger partial charge in [-0.2, -0.15) is 5.26 Å². The number of hydrogen-bond acceptors (Lipinski definition) is 3. The Kier molecular flexibility index (Phi) is 3.69. The zero-order valence-electron chi connectivity index (χ0n) is 9.85. The zero-order valence-corrected chi connectivity index (χ0v) is 10.6. The number of nitrogens with one attached hydrogen (secondary N) is 1. The summed E-state index contributed by atoms with van der Waals surface area (Å²) >= 11 is 5.90. The molecule has 94 valence electrons. The third-order valence-electron chi connectivity index (χ3n) is 2.52. The minimum atomic E-state index is -0.546. The predicted octanol–water partition coefficient (Wildman–Crippen LogP) is 3.05. The molecule has 0 aliphatic heterocycles. The summed E-state index contributed by atoms with van der Waals surface area (Å²) in [6.45, 7) is 0. The molecule has 0 saturated carbocycles. The van der Waals surface area contributed by atoms with Gasteiger partial charge in [-0.15, -0.1) is 0 Å². The summed E-state index contributed by atoms with van der Waals surface area (Å²) in [6.07, 6.45) is 0. The number of anilines is 2. The maximum atomic E-state index is 11.3. The van der Waals surface area contributed by atoms with Crippen molar-refractivity contribution in [3.05, 3.63) is 58.6 Å². The van der Waals surface area contributed by atoms with Crippen molar-refractivity contribution < 1.29 is 4.79 Å². The highest BCUT2D eigenvalue weighted by molar-refractivity contribution is 6.31. The van der Waals surface area contributed by atoms with Crippen molar-refractivity contribution in [3.63, 3.8) is 0 Å². The number of rotatable bonds is 3. The molecule has 0 saturated heterocycles. The molecule has 0 aliphatic rings. The van der Waals surface area contributed by atoms with Crippen molar-refractivity contribution >= 4 is 28.9 Å². The van der Waals surface area contributed by atoms with Gasteiger partial charge in [-0.3, -0.25) is 4.79 Å². The van der Waals surface area contributed by atoms with Crippen LogP contribution in [0, 0.1) is 11.3 Å². The van der Waals surface area contributed by atoms with Crippen LogP contribution in [0.1, 0.15) is 15.9 Å². The Morgan fingerprint density at radius 2 is 2.05 bits per heavy atom. The van der Waals surface area contributed by atoms with Crippen LogP contribution in [0.15, 0.2) is 42.5 Å². The molecule has 0 bridgehead atoms. The first-order valence-corrected chi connectivity index (χ1v) is 5.84. The largest absolute Gasteiger partial charge is 0.366 e. The fraction of sp³-hybridized carbons (Fsp3) is 0. The maximum Gasteiger partial charge on any atom is 0.250 e. The van der Waals surface area contributed by atoms with Crippen LogP contribution in [-0.2, 0) is 0 Å². The number of nitriles is 1. The summed E-state index contributed by atoms with van der Waals surface area (Å²) < 4.78 is 0. The summed E-state index contributed by atoms with van der Waals surface area (Å²) in [5.74, 6) is -0.546. The second-order valence-electron chi connectivity index (χ2n) is 3.87. The molecule has 0 heterocycles. The van der Waals surface area contributed by atoms with Gasteiger partial charge in [0.25, 0.3) is 5.91 Å². The van der Waals surface area contributed by atoms with Crippen LogP contribution >= 0.6 is 11.6 Å². The lowest BCUT2D eigenvalue weighted by molar-refractivity contribution is 0.100. The number of benzene rings is 2. The normalized spacial score (nSPS) is 9.68. The third kappa shape index (κ3) is 3.03. The highest BCUT2D eigenvalue weighted by Crippen LogP contribution is 2.25. The molecule has 5 heteroatoms. The second-order valence-corrected chi connectivity index (χ2v) is 4.31. The third-order valence-corrected chi connectivity index (χ3v) is 2.75. The minimum Gasteiger partial charge on any atom is -0.366 e. The van der Waals surface area contributed by atoms with Crippen LogP contribution in [0.25, 0.3) is 0 Å². The molecule has 0 radical (unpaired) electrons. The Labute approximate surface area is 115 Å². The van der Waals surface area contributed by atoms with Crippen LogP contribution in [0.2, 0.25) is 5.02 Å². The molecule has 2 rings (SSSR count). The number of nitrogens with two attached hydrogens (primary N) is 1. The van der Waals surface area contributed by atoms with Gasteiger partial charge in [0.15, 0.2) is 0 Å². The molecule has 4 nitrogen and oxygen atoms in total. The lowest BCUT2D eigenvalue weighted by atomic mass is 10.1. The van der Waals surface area contributed by atoms with Crippen molar-refractivity contribution in [1.29, 1.82) is 5.26 Å². The Morgan fingerprint density at radius 1 is 1.26 bits per heavy atom. The average molecular weight is 272 g/mol. The molecule has 2 aromatic carbocycles. The van der Waals surface area contributed by atoms with E-state index in [1.165, 1.54) is 0 Å². The second kappa shape index (κ2) is 5.42. The fourth-order valence-corrected chi connectivity index (χ4v) is 1.83. The number of carbonyl (C=O) groups excluding carboxylic acids is 1. The maximum absolute atomic E-state index is 11.3. The van der Waals surface area contributed by atoms with E-state index in [0.29, 0.717) is 27.5 Å². The van der Waals surface area contributed by atoms with E-state index in [-0.39, 0.29) is 0 Å². The van der Waals surface area contributed by atoms with E-state index in [2.05, 4.69) is 5.32 Å². The molecular formula is C14H10ClN3O. The Hall–Kier alpha value is -2.51. The number of halogens is 1. The van der Waals surface area contributed by atoms with E-state index >= 15 is 0 Å². The van der Waals surface area contributed by atoms with Gasteiger partial charge in [0.1, 0.15) is 0 Å². The summed E-state index contributed by atoms with van der Waals surface area (Å²) in [5.41, 5.74) is 7.35. The van der Waals surface area contributed by atoms with Crippen molar-refractivity contribution in [3.8, 4) is 6.07 Å². The predicted molar refractivity (Wildman–Crippen MR) is 74.4 cm³/mol. The lowest BCUT2D eigenvalue weighted by Gasteiger charge is -2.10. The molecular weight excluding hydrogens is 262 g/mol. The number of hydrogen-bond donors (Lipinski definition) is 2. The fourth-order valence-electron chi connectivity index (χ4n) is 1.66. The standard InChI is InChI=1S/C14H10ClN3O/c15-10-4-5-12(14(17)19)13(7-10)18-11-3-1-2-9(6-11)8-16/h1-7,18H,(H2,17,19). The Bertz CT molecular complexity index is 677. The van der Waals surface area contributed by atoms with Gasteiger partial charge in [0.05, 0.1) is 22.9 Å². The summed E-state index contributed by atoms with van der Waals surface area (Å²) in [6, 6.07) is 13.7. The van der Waals surface area contributed by atoms with Crippen LogP contribution in [0.4, 0.5) is 11.4 Å². The van der Waals surface area contributed by atoms with Crippen molar-refractivity contribution in [2.45, 2.75) is 0 Å². The van der Waals surface area contributed by atoms with Crippen LogP contribution in [0.3, 0.4) is 0 Å². The lowest BCUT2D eigenvalue weighted by Crippen LogP contribution is -2.13. The summed E-state index contributed by atoms with van der Waals surface area (Å²) in [5, 5.41) is 12.4. The molecule has 3 N–H and O–H groups in total. The molecule has 0 aliphatic carbocycles. The first-order valence-electron chi connectivity index (χ1n) is 5.46. The SMILES string of the molecule is N#Cc1cccc(Nc2cc(Cl)ccc2C(N)=O)c1. The first kappa shape index (κ1) is 12.9. The molecule has 0 aromatic heterocycles. The zero-order chi connectivity index (χ0) is 13.8. The van der Waals surface area contributed by atoms with Gasteiger partial charge in [0.2, 0.25) is 0 Å². The van der Waals surface area contributed by atoms with E-state index in [1.54, 1.807) is 42.5 Å². The monoisotopic (exact) mass is 271 g/mol. The Morgan fingerprint density at radius 3 is 2.74 bits per heavy atom. The van der Waals surface area contributed by atoms with Crippen molar-refractivity contribution in [1.82, 2.24) is 0 Å². The van der Waals surface area contributed by atoms with Gasteiger partial charge in [-0.05, 0) is 36.4 Å². The van der Waals surface area contributed by atoms with Gasteiger partial charge >= 0.3 is 0 Å². The average Bonchev–Trinajstić information content (AvgIpc) is 2.38. The van der Waals surface area contributed by atoms with Crippen molar-refractivity contribution in [2.24, 2.45) is 5.73 Å². The first-order chi connectivity index (χ1) is 9.10. The van der Waals surface area contributed by atoms with Gasteiger partial charge in [-0.1, -0.05) is 17.7 Å². The quantitative estimate of drug-likeness (QED) is 0.900. The Balaban J connectivity index is 2.40. The molecule has 1 amide bonds. The van der Waals surface area contributed by atoms with Gasteiger partial charge in [0, 0.05) is 10.7 Å². The number of nitrogens with zero attached hydrogens (tertiary/aromatic N) is 1. The number of primary amides is 1.